The number of nitrogens with zero attached hydrogens (tertiary/aromatic N) is 2. The van der Waals surface area contributed by atoms with Crippen LogP contribution in [-0.4, -0.2) is 35.1 Å². The zero-order valence-corrected chi connectivity index (χ0v) is 14.3. The Kier molecular flexibility index (Phi) is 5.30. The summed E-state index contributed by atoms with van der Waals surface area (Å²) in [7, 11) is 0. The Hall–Kier alpha value is -2.15. The molecular weight excluding hydrogens is 329 g/mol. The van der Waals surface area contributed by atoms with Crippen LogP contribution in [0.1, 0.15) is 22.7 Å². The van der Waals surface area contributed by atoms with Crippen molar-refractivity contribution in [1.82, 2.24) is 15.2 Å². The summed E-state index contributed by atoms with van der Waals surface area (Å²) in [6, 6.07) is 5.89. The summed E-state index contributed by atoms with van der Waals surface area (Å²) in [5.74, 6) is 0.325. The molecule has 0 unspecified atom stereocenters. The minimum absolute atomic E-state index is 0.0400. The van der Waals surface area contributed by atoms with Crippen molar-refractivity contribution in [1.29, 1.82) is 0 Å². The van der Waals surface area contributed by atoms with Gasteiger partial charge in [-0.3, -0.25) is 0 Å². The average molecular weight is 349 g/mol. The van der Waals surface area contributed by atoms with Crippen molar-refractivity contribution in [2.75, 3.05) is 13.2 Å². The molecule has 0 saturated carbocycles. The summed E-state index contributed by atoms with van der Waals surface area (Å²) in [6.07, 6.45) is 3.66. The van der Waals surface area contributed by atoms with E-state index in [9.17, 15) is 9.18 Å². The zero-order valence-electron chi connectivity index (χ0n) is 13.5. The lowest BCUT2D eigenvalue weighted by Crippen LogP contribution is -2.44. The summed E-state index contributed by atoms with van der Waals surface area (Å²) in [5, 5.41) is 3.93. The van der Waals surface area contributed by atoms with Crippen LogP contribution >= 0.6 is 11.3 Å². The molecule has 7 heteroatoms. The molecule has 1 aliphatic heterocycles. The van der Waals surface area contributed by atoms with Crippen molar-refractivity contribution in [3.8, 4) is 5.75 Å². The molecule has 1 fully saturated rings. The van der Waals surface area contributed by atoms with E-state index in [4.69, 9.17) is 4.74 Å². The molecule has 2 heterocycles. The fourth-order valence-electron chi connectivity index (χ4n) is 2.75. The lowest BCUT2D eigenvalue weighted by molar-refractivity contribution is 0.165. The molecule has 1 aromatic carbocycles. The number of likely N-dealkylation sites (tertiary alicyclic amines) is 1. The van der Waals surface area contributed by atoms with Crippen LogP contribution in [0.5, 0.6) is 5.75 Å². The number of thiazole rings is 1. The number of carbonyl (C=O) groups is 1. The van der Waals surface area contributed by atoms with Crippen LogP contribution in [-0.2, 0) is 6.54 Å². The van der Waals surface area contributed by atoms with Crippen LogP contribution in [0.3, 0.4) is 0 Å². The molecule has 1 N–H and O–H groups in total. The third-order valence-corrected chi connectivity index (χ3v) is 4.89. The third kappa shape index (κ3) is 4.23. The number of hydrogen-bond donors (Lipinski definition) is 1. The number of halogens is 1. The first-order valence-corrected chi connectivity index (χ1v) is 8.77. The number of benzene rings is 1. The number of ether oxygens (including phenoxy) is 1. The minimum Gasteiger partial charge on any atom is -0.491 e. The summed E-state index contributed by atoms with van der Waals surface area (Å²) in [6.45, 7) is 3.58. The molecule has 3 rings (SSSR count). The first-order chi connectivity index (χ1) is 11.6. The van der Waals surface area contributed by atoms with Gasteiger partial charge in [0.1, 0.15) is 18.2 Å². The number of aryl methyl sites for hydroxylation is 1. The molecule has 1 aromatic heterocycles. The Morgan fingerprint density at radius 1 is 1.46 bits per heavy atom. The summed E-state index contributed by atoms with van der Waals surface area (Å²) >= 11 is 1.58. The van der Waals surface area contributed by atoms with Gasteiger partial charge < -0.3 is 15.0 Å². The summed E-state index contributed by atoms with van der Waals surface area (Å²) < 4.78 is 18.6. The fraction of sp³-hybridized carbons (Fsp3) is 0.412. The SMILES string of the molecule is Cc1ncc(CNC(=O)N2CCC[C@H]2COc2ccc(F)cc2)s1. The van der Waals surface area contributed by atoms with Crippen molar-refractivity contribution in [2.45, 2.75) is 32.4 Å². The second-order valence-electron chi connectivity index (χ2n) is 5.76. The van der Waals surface area contributed by atoms with Crippen molar-refractivity contribution in [3.63, 3.8) is 0 Å². The fourth-order valence-corrected chi connectivity index (χ4v) is 3.49. The number of nitrogens with one attached hydrogen (secondary N) is 1. The number of aromatic nitrogens is 1. The van der Waals surface area contributed by atoms with Gasteiger partial charge in [0.25, 0.3) is 0 Å². The molecule has 0 bridgehead atoms. The molecule has 1 aliphatic rings. The van der Waals surface area contributed by atoms with Gasteiger partial charge in [-0.1, -0.05) is 0 Å². The van der Waals surface area contributed by atoms with E-state index in [2.05, 4.69) is 10.3 Å². The smallest absolute Gasteiger partial charge is 0.318 e. The van der Waals surface area contributed by atoms with E-state index >= 15 is 0 Å². The lowest BCUT2D eigenvalue weighted by atomic mass is 10.2. The zero-order chi connectivity index (χ0) is 16.9. The van der Waals surface area contributed by atoms with Crippen LogP contribution in [0, 0.1) is 12.7 Å². The quantitative estimate of drug-likeness (QED) is 0.901. The molecule has 5 nitrogen and oxygen atoms in total. The van der Waals surface area contributed by atoms with E-state index in [1.165, 1.54) is 12.1 Å². The third-order valence-electron chi connectivity index (χ3n) is 3.98. The maximum absolute atomic E-state index is 12.9. The van der Waals surface area contributed by atoms with Crippen LogP contribution in [0.4, 0.5) is 9.18 Å². The molecular formula is C17H20FN3O2S. The molecule has 24 heavy (non-hydrogen) atoms. The predicted molar refractivity (Wildman–Crippen MR) is 90.7 cm³/mol. The number of urea groups is 1. The minimum atomic E-state index is -0.289. The first kappa shape index (κ1) is 16.7. The molecule has 2 aromatic rings. The van der Waals surface area contributed by atoms with Crippen molar-refractivity contribution in [3.05, 3.63) is 46.2 Å². The molecule has 2 amide bonds. The van der Waals surface area contributed by atoms with Gasteiger partial charge in [-0.15, -0.1) is 11.3 Å². The normalized spacial score (nSPS) is 17.1. The summed E-state index contributed by atoms with van der Waals surface area (Å²) in [4.78, 5) is 19.4. The van der Waals surface area contributed by atoms with Crippen LogP contribution in [0.2, 0.25) is 0 Å². The number of carbonyl (C=O) groups excluding carboxylic acids is 1. The van der Waals surface area contributed by atoms with Gasteiger partial charge in [-0.2, -0.15) is 0 Å². The topological polar surface area (TPSA) is 54.5 Å². The van der Waals surface area contributed by atoms with Gasteiger partial charge in [0.05, 0.1) is 17.6 Å². The predicted octanol–water partition coefficient (Wildman–Crippen LogP) is 3.34. The second kappa shape index (κ2) is 7.61. The number of rotatable bonds is 5. The standard InChI is InChI=1S/C17H20FN3O2S/c1-12-19-9-16(24-12)10-20-17(22)21-8-2-3-14(21)11-23-15-6-4-13(18)5-7-15/h4-7,9,14H,2-3,8,10-11H2,1H3,(H,20,22)/t14-/m0/s1. The Bertz CT molecular complexity index is 689. The van der Waals surface area contributed by atoms with Gasteiger partial charge in [0.2, 0.25) is 0 Å². The highest BCUT2D eigenvalue weighted by Crippen LogP contribution is 2.20. The molecule has 1 saturated heterocycles. The molecule has 128 valence electrons. The van der Waals surface area contributed by atoms with Gasteiger partial charge in [0, 0.05) is 17.6 Å². The van der Waals surface area contributed by atoms with Gasteiger partial charge >= 0.3 is 6.03 Å². The second-order valence-corrected chi connectivity index (χ2v) is 7.08. The molecule has 0 aliphatic carbocycles. The highest BCUT2D eigenvalue weighted by molar-refractivity contribution is 7.11. The van der Waals surface area contributed by atoms with Gasteiger partial charge in [0.15, 0.2) is 0 Å². The Morgan fingerprint density at radius 3 is 2.96 bits per heavy atom. The Labute approximate surface area is 144 Å². The van der Waals surface area contributed by atoms with Crippen LogP contribution in [0.15, 0.2) is 30.5 Å². The van der Waals surface area contributed by atoms with E-state index in [1.54, 1.807) is 29.7 Å². The van der Waals surface area contributed by atoms with Crippen molar-refractivity contribution >= 4 is 17.4 Å². The highest BCUT2D eigenvalue weighted by atomic mass is 32.1. The van der Waals surface area contributed by atoms with Crippen molar-refractivity contribution < 1.29 is 13.9 Å². The molecule has 0 radical (unpaired) electrons. The maximum Gasteiger partial charge on any atom is 0.318 e. The average Bonchev–Trinajstić information content (AvgIpc) is 3.21. The highest BCUT2D eigenvalue weighted by Gasteiger charge is 2.29. The maximum atomic E-state index is 12.9. The van der Waals surface area contributed by atoms with Crippen molar-refractivity contribution in [2.24, 2.45) is 0 Å². The van der Waals surface area contributed by atoms with E-state index in [1.807, 2.05) is 11.8 Å². The Morgan fingerprint density at radius 2 is 2.25 bits per heavy atom. The van der Waals surface area contributed by atoms with Gasteiger partial charge in [-0.25, -0.2) is 14.2 Å². The van der Waals surface area contributed by atoms with E-state index in [-0.39, 0.29) is 17.9 Å². The Balaban J connectivity index is 1.50. The van der Waals surface area contributed by atoms with E-state index < -0.39 is 0 Å². The van der Waals surface area contributed by atoms with Gasteiger partial charge in [-0.05, 0) is 44.0 Å². The molecule has 0 spiro atoms. The van der Waals surface area contributed by atoms with E-state index in [0.29, 0.717) is 18.9 Å². The molecule has 1 atom stereocenters. The largest absolute Gasteiger partial charge is 0.491 e. The number of amides is 2. The monoisotopic (exact) mass is 349 g/mol. The van der Waals surface area contributed by atoms with Crippen LogP contribution < -0.4 is 10.1 Å². The van der Waals surface area contributed by atoms with Crippen LogP contribution in [0.25, 0.3) is 0 Å². The number of hydrogen-bond acceptors (Lipinski definition) is 4. The summed E-state index contributed by atoms with van der Waals surface area (Å²) in [5.41, 5.74) is 0. The first-order valence-electron chi connectivity index (χ1n) is 7.96. The lowest BCUT2D eigenvalue weighted by Gasteiger charge is -2.25. The van der Waals surface area contributed by atoms with E-state index in [0.717, 1.165) is 29.3 Å².